The van der Waals surface area contributed by atoms with E-state index in [2.05, 4.69) is 25.1 Å². The van der Waals surface area contributed by atoms with Crippen LogP contribution in [-0.4, -0.2) is 0 Å². The van der Waals surface area contributed by atoms with Crippen LogP contribution >= 0.6 is 11.6 Å². The summed E-state index contributed by atoms with van der Waals surface area (Å²) in [6.07, 6.45) is 8.83. The summed E-state index contributed by atoms with van der Waals surface area (Å²) < 4.78 is 0. The Labute approximate surface area is 115 Å². The van der Waals surface area contributed by atoms with Crippen LogP contribution in [0.15, 0.2) is 18.2 Å². The van der Waals surface area contributed by atoms with Gasteiger partial charge in [-0.25, -0.2) is 0 Å². The van der Waals surface area contributed by atoms with Gasteiger partial charge in [-0.15, -0.1) is 0 Å². The number of rotatable bonds is 1. The molecule has 0 radical (unpaired) electrons. The molecule has 0 spiro atoms. The summed E-state index contributed by atoms with van der Waals surface area (Å²) in [6.45, 7) is 2.10. The molecule has 0 aliphatic heterocycles. The number of halogens is 1. The third kappa shape index (κ3) is 1.58. The number of aryl methyl sites for hydroxylation is 1. The number of benzene rings is 1. The van der Waals surface area contributed by atoms with Gasteiger partial charge in [0.1, 0.15) is 0 Å². The minimum absolute atomic E-state index is 0.492. The molecule has 0 heterocycles. The molecular formula is C17H21Cl. The standard InChI is InChI=1S/C17H21Cl/c1-11-2-3-15(7-16(11)18)17-8-12-4-13(9-17)6-14(5-12)10-17/h2-3,7,12-14H,4-6,8-10H2,1H3. The topological polar surface area (TPSA) is 0 Å². The maximum Gasteiger partial charge on any atom is 0.0438 e. The van der Waals surface area contributed by atoms with Crippen molar-refractivity contribution in [3.05, 3.63) is 34.3 Å². The van der Waals surface area contributed by atoms with Gasteiger partial charge in [0.2, 0.25) is 0 Å². The summed E-state index contributed by atoms with van der Waals surface area (Å²) in [4.78, 5) is 0. The van der Waals surface area contributed by atoms with Crippen molar-refractivity contribution in [2.75, 3.05) is 0 Å². The molecule has 0 nitrogen and oxygen atoms in total. The molecule has 4 aliphatic rings. The fourth-order valence-electron chi connectivity index (χ4n) is 5.39. The number of hydrogen-bond donors (Lipinski definition) is 0. The summed E-state index contributed by atoms with van der Waals surface area (Å²) in [5.74, 6) is 3.03. The highest BCUT2D eigenvalue weighted by Crippen LogP contribution is 2.60. The molecule has 0 N–H and O–H groups in total. The van der Waals surface area contributed by atoms with E-state index in [4.69, 9.17) is 11.6 Å². The van der Waals surface area contributed by atoms with Crippen LogP contribution < -0.4 is 0 Å². The maximum absolute atomic E-state index is 6.35. The Bertz CT molecular complexity index is 453. The van der Waals surface area contributed by atoms with Crippen molar-refractivity contribution in [3.8, 4) is 0 Å². The largest absolute Gasteiger partial charge is 0.0840 e. The summed E-state index contributed by atoms with van der Waals surface area (Å²) in [5, 5.41) is 0.961. The molecule has 0 unspecified atom stereocenters. The van der Waals surface area contributed by atoms with Crippen molar-refractivity contribution in [1.82, 2.24) is 0 Å². The molecular weight excluding hydrogens is 240 g/mol. The minimum Gasteiger partial charge on any atom is -0.0840 e. The van der Waals surface area contributed by atoms with E-state index in [1.54, 1.807) is 0 Å². The highest BCUT2D eigenvalue weighted by molar-refractivity contribution is 6.31. The Balaban J connectivity index is 1.76. The van der Waals surface area contributed by atoms with Gasteiger partial charge >= 0.3 is 0 Å². The molecule has 96 valence electrons. The second-order valence-electron chi connectivity index (χ2n) is 7.16. The van der Waals surface area contributed by atoms with Crippen LogP contribution in [0.2, 0.25) is 5.02 Å². The predicted octanol–water partition coefficient (Wildman–Crippen LogP) is 5.12. The smallest absolute Gasteiger partial charge is 0.0438 e. The third-order valence-corrected chi connectivity index (χ3v) is 6.23. The maximum atomic E-state index is 6.35. The van der Waals surface area contributed by atoms with E-state index in [0.29, 0.717) is 5.41 Å². The first-order valence-electron chi connectivity index (χ1n) is 7.41. The molecule has 0 aromatic heterocycles. The second kappa shape index (κ2) is 3.76. The molecule has 4 aliphatic carbocycles. The second-order valence-corrected chi connectivity index (χ2v) is 7.57. The van der Waals surface area contributed by atoms with E-state index in [1.807, 2.05) is 0 Å². The minimum atomic E-state index is 0.492. The Hall–Kier alpha value is -0.490. The Morgan fingerprint density at radius 2 is 1.56 bits per heavy atom. The monoisotopic (exact) mass is 260 g/mol. The van der Waals surface area contributed by atoms with E-state index in [1.165, 1.54) is 49.7 Å². The fourth-order valence-corrected chi connectivity index (χ4v) is 5.57. The van der Waals surface area contributed by atoms with Gasteiger partial charge in [-0.3, -0.25) is 0 Å². The average Bonchev–Trinajstić information content (AvgIpc) is 2.31. The summed E-state index contributed by atoms with van der Waals surface area (Å²) >= 11 is 6.35. The van der Waals surface area contributed by atoms with Gasteiger partial charge in [0.05, 0.1) is 0 Å². The van der Waals surface area contributed by atoms with E-state index < -0.39 is 0 Å². The highest BCUT2D eigenvalue weighted by Gasteiger charge is 2.51. The van der Waals surface area contributed by atoms with Crippen molar-refractivity contribution >= 4 is 11.6 Å². The molecule has 4 bridgehead atoms. The van der Waals surface area contributed by atoms with Gasteiger partial charge in [0.25, 0.3) is 0 Å². The first-order chi connectivity index (χ1) is 8.64. The molecule has 1 aromatic carbocycles. The van der Waals surface area contributed by atoms with Gasteiger partial charge in [-0.2, -0.15) is 0 Å². The van der Waals surface area contributed by atoms with Gasteiger partial charge < -0.3 is 0 Å². The fraction of sp³-hybridized carbons (Fsp3) is 0.647. The lowest BCUT2D eigenvalue weighted by atomic mass is 9.48. The van der Waals surface area contributed by atoms with Crippen LogP contribution in [0.4, 0.5) is 0 Å². The average molecular weight is 261 g/mol. The molecule has 0 saturated heterocycles. The molecule has 4 saturated carbocycles. The van der Waals surface area contributed by atoms with Crippen molar-refractivity contribution in [1.29, 1.82) is 0 Å². The summed E-state index contributed by atoms with van der Waals surface area (Å²) in [7, 11) is 0. The first kappa shape index (κ1) is 11.3. The van der Waals surface area contributed by atoms with E-state index in [0.717, 1.165) is 22.8 Å². The van der Waals surface area contributed by atoms with E-state index in [9.17, 15) is 0 Å². The lowest BCUT2D eigenvalue weighted by Crippen LogP contribution is -2.48. The van der Waals surface area contributed by atoms with Crippen LogP contribution in [0.5, 0.6) is 0 Å². The highest BCUT2D eigenvalue weighted by atomic mass is 35.5. The van der Waals surface area contributed by atoms with Crippen LogP contribution in [0, 0.1) is 24.7 Å². The SMILES string of the molecule is Cc1ccc(C23CC4CC(CC(C4)C2)C3)cc1Cl. The van der Waals surface area contributed by atoms with Gasteiger partial charge in [-0.1, -0.05) is 23.7 Å². The molecule has 1 aromatic rings. The molecule has 5 rings (SSSR count). The zero-order valence-corrected chi connectivity index (χ0v) is 11.8. The van der Waals surface area contributed by atoms with Gasteiger partial charge in [-0.05, 0) is 85.8 Å². The molecule has 18 heavy (non-hydrogen) atoms. The van der Waals surface area contributed by atoms with Gasteiger partial charge in [0.15, 0.2) is 0 Å². The van der Waals surface area contributed by atoms with Crippen molar-refractivity contribution in [2.24, 2.45) is 17.8 Å². The van der Waals surface area contributed by atoms with E-state index >= 15 is 0 Å². The molecule has 4 fully saturated rings. The normalized spacial score (nSPS) is 41.3. The quantitative estimate of drug-likeness (QED) is 0.658. The molecule has 0 amide bonds. The van der Waals surface area contributed by atoms with Crippen molar-refractivity contribution in [2.45, 2.75) is 50.9 Å². The summed E-state index contributed by atoms with van der Waals surface area (Å²) in [6, 6.07) is 6.84. The predicted molar refractivity (Wildman–Crippen MR) is 76.0 cm³/mol. The third-order valence-electron chi connectivity index (χ3n) is 5.82. The van der Waals surface area contributed by atoms with Crippen molar-refractivity contribution < 1.29 is 0 Å². The lowest BCUT2D eigenvalue weighted by Gasteiger charge is -2.57. The lowest BCUT2D eigenvalue weighted by molar-refractivity contribution is -0.00518. The Morgan fingerprint density at radius 3 is 2.06 bits per heavy atom. The van der Waals surface area contributed by atoms with Crippen LogP contribution in [0.1, 0.15) is 49.7 Å². The molecule has 1 heteroatoms. The van der Waals surface area contributed by atoms with Crippen LogP contribution in [-0.2, 0) is 5.41 Å². The Kier molecular flexibility index (Phi) is 2.37. The molecule has 0 atom stereocenters. The van der Waals surface area contributed by atoms with Gasteiger partial charge in [0, 0.05) is 5.02 Å². The zero-order valence-electron chi connectivity index (χ0n) is 11.1. The number of hydrogen-bond acceptors (Lipinski definition) is 0. The Morgan fingerprint density at radius 1 is 1.00 bits per heavy atom. The van der Waals surface area contributed by atoms with Crippen LogP contribution in [0.3, 0.4) is 0 Å². The van der Waals surface area contributed by atoms with Crippen molar-refractivity contribution in [3.63, 3.8) is 0 Å². The summed E-state index contributed by atoms with van der Waals surface area (Å²) in [5.41, 5.74) is 3.24. The van der Waals surface area contributed by atoms with E-state index in [-0.39, 0.29) is 0 Å². The van der Waals surface area contributed by atoms with Crippen LogP contribution in [0.25, 0.3) is 0 Å². The zero-order chi connectivity index (χ0) is 12.3. The first-order valence-corrected chi connectivity index (χ1v) is 7.79.